The summed E-state index contributed by atoms with van der Waals surface area (Å²) in [7, 11) is 0. The van der Waals surface area contributed by atoms with Gasteiger partial charge in [-0.2, -0.15) is 8.78 Å². The van der Waals surface area contributed by atoms with Crippen LogP contribution in [0.15, 0.2) is 54.6 Å². The predicted octanol–water partition coefficient (Wildman–Crippen LogP) is 4.86. The van der Waals surface area contributed by atoms with E-state index in [4.69, 9.17) is 4.74 Å². The number of halogens is 2. The maximum absolute atomic E-state index is 12.9. The predicted molar refractivity (Wildman–Crippen MR) is 104 cm³/mol. The van der Waals surface area contributed by atoms with Gasteiger partial charge in [0.05, 0.1) is 6.04 Å². The van der Waals surface area contributed by atoms with Crippen LogP contribution in [0.1, 0.15) is 43.4 Å². The first-order valence-electron chi connectivity index (χ1n) is 9.66. The lowest BCUT2D eigenvalue weighted by molar-refractivity contribution is -0.0680. The third-order valence-corrected chi connectivity index (χ3v) is 5.37. The van der Waals surface area contributed by atoms with Crippen LogP contribution in [0.3, 0.4) is 0 Å². The zero-order valence-electron chi connectivity index (χ0n) is 16.3. The van der Waals surface area contributed by atoms with E-state index in [0.717, 1.165) is 11.1 Å². The van der Waals surface area contributed by atoms with Crippen molar-refractivity contribution in [3.63, 3.8) is 0 Å². The van der Waals surface area contributed by atoms with Crippen molar-refractivity contribution in [2.45, 2.75) is 44.4 Å². The second-order valence-corrected chi connectivity index (χ2v) is 7.12. The van der Waals surface area contributed by atoms with Crippen molar-refractivity contribution in [1.29, 1.82) is 0 Å². The molecular weight excluding hydrogens is 380 g/mol. The lowest BCUT2D eigenvalue weighted by Crippen LogP contribution is -2.48. The van der Waals surface area contributed by atoms with E-state index in [9.17, 15) is 18.7 Å². The number of hydrogen-bond acceptors (Lipinski definition) is 4. The number of amides is 1. The summed E-state index contributed by atoms with van der Waals surface area (Å²) in [5.74, 6) is 0.0734. The molecule has 2 aromatic carbocycles. The highest BCUT2D eigenvalue weighted by Gasteiger charge is 2.43. The van der Waals surface area contributed by atoms with Gasteiger partial charge >= 0.3 is 12.7 Å². The molecule has 1 amide bonds. The Morgan fingerprint density at radius 2 is 1.86 bits per heavy atom. The first-order valence-corrected chi connectivity index (χ1v) is 9.66. The van der Waals surface area contributed by atoms with E-state index in [2.05, 4.69) is 4.74 Å². The number of hydrogen-bond donors (Lipinski definition) is 1. The molecule has 29 heavy (non-hydrogen) atoms. The van der Waals surface area contributed by atoms with Crippen molar-refractivity contribution in [2.24, 2.45) is 0 Å². The quantitative estimate of drug-likeness (QED) is 0.681. The average molecular weight is 405 g/mol. The third kappa shape index (κ3) is 4.85. The molecule has 1 N–H and O–H groups in total. The number of alkyl halides is 2. The van der Waals surface area contributed by atoms with Crippen LogP contribution in [0.2, 0.25) is 0 Å². The number of cyclic esters (lactones) is 1. The molecule has 2 atom stereocenters. The zero-order valence-corrected chi connectivity index (χ0v) is 16.3. The van der Waals surface area contributed by atoms with Gasteiger partial charge in [0.25, 0.3) is 0 Å². The first-order chi connectivity index (χ1) is 13.9. The Morgan fingerprint density at radius 3 is 2.45 bits per heavy atom. The second-order valence-electron chi connectivity index (χ2n) is 7.12. The van der Waals surface area contributed by atoms with Crippen LogP contribution in [0.5, 0.6) is 5.75 Å². The van der Waals surface area contributed by atoms with Gasteiger partial charge in [-0.25, -0.2) is 4.79 Å². The Kier molecular flexibility index (Phi) is 6.69. The molecule has 0 spiro atoms. The van der Waals surface area contributed by atoms with Crippen molar-refractivity contribution in [3.8, 4) is 5.75 Å². The summed E-state index contributed by atoms with van der Waals surface area (Å²) in [6.07, 6.45) is 1.24. The van der Waals surface area contributed by atoms with Crippen molar-refractivity contribution in [1.82, 2.24) is 4.90 Å². The van der Waals surface area contributed by atoms with E-state index < -0.39 is 18.3 Å². The summed E-state index contributed by atoms with van der Waals surface area (Å²) in [5, 5.41) is 9.28. The minimum atomic E-state index is -2.87. The summed E-state index contributed by atoms with van der Waals surface area (Å²) in [6, 6.07) is 15.6. The largest absolute Gasteiger partial charge is 0.438 e. The monoisotopic (exact) mass is 405 g/mol. The Balaban J connectivity index is 1.74. The topological polar surface area (TPSA) is 59.0 Å². The standard InChI is InChI=1S/C22H25F2NO4/c1-16(17-8-10-19(11-9-17)28-20(23)24)25-14-13-22(12-5-15-26,29-21(25)27)18-6-3-2-4-7-18/h2-4,6-11,16,20,26H,5,12-15H2,1H3/t16-,22+/m0/s1. The summed E-state index contributed by atoms with van der Waals surface area (Å²) in [4.78, 5) is 14.5. The van der Waals surface area contributed by atoms with Crippen LogP contribution in [0, 0.1) is 0 Å². The number of rotatable bonds is 8. The zero-order chi connectivity index (χ0) is 20.9. The molecule has 1 aliphatic rings. The number of aliphatic hydroxyl groups excluding tert-OH is 1. The van der Waals surface area contributed by atoms with Crippen molar-refractivity contribution in [2.75, 3.05) is 13.2 Å². The molecule has 1 fully saturated rings. The molecule has 1 aliphatic heterocycles. The maximum Gasteiger partial charge on any atom is 0.411 e. The van der Waals surface area contributed by atoms with Gasteiger partial charge in [-0.1, -0.05) is 42.5 Å². The van der Waals surface area contributed by atoms with Gasteiger partial charge in [-0.15, -0.1) is 0 Å². The smallest absolute Gasteiger partial charge is 0.411 e. The normalized spacial score (nSPS) is 20.4. The van der Waals surface area contributed by atoms with Gasteiger partial charge in [0.2, 0.25) is 0 Å². The molecule has 3 rings (SSSR count). The van der Waals surface area contributed by atoms with Gasteiger partial charge in [0, 0.05) is 19.6 Å². The number of carbonyl (C=O) groups is 1. The number of benzene rings is 2. The summed E-state index contributed by atoms with van der Waals surface area (Å²) < 4.78 is 34.9. The van der Waals surface area contributed by atoms with E-state index in [1.165, 1.54) is 12.1 Å². The van der Waals surface area contributed by atoms with Gasteiger partial charge < -0.3 is 19.5 Å². The fourth-order valence-corrected chi connectivity index (χ4v) is 3.76. The number of aliphatic hydroxyl groups is 1. The van der Waals surface area contributed by atoms with Gasteiger partial charge in [0.1, 0.15) is 11.4 Å². The summed E-state index contributed by atoms with van der Waals surface area (Å²) >= 11 is 0. The van der Waals surface area contributed by atoms with Gasteiger partial charge in [-0.3, -0.25) is 0 Å². The Hall–Kier alpha value is -2.67. The fourth-order valence-electron chi connectivity index (χ4n) is 3.76. The molecule has 0 unspecified atom stereocenters. The van der Waals surface area contributed by atoms with E-state index in [1.54, 1.807) is 17.0 Å². The number of carbonyl (C=O) groups excluding carboxylic acids is 1. The van der Waals surface area contributed by atoms with E-state index in [1.807, 2.05) is 37.3 Å². The molecule has 0 bridgehead atoms. The molecule has 5 nitrogen and oxygen atoms in total. The summed E-state index contributed by atoms with van der Waals surface area (Å²) in [6.45, 7) is -0.497. The van der Waals surface area contributed by atoms with Crippen LogP contribution in [-0.2, 0) is 10.3 Å². The summed E-state index contributed by atoms with van der Waals surface area (Å²) in [5.41, 5.74) is 0.959. The molecule has 2 aromatic rings. The van der Waals surface area contributed by atoms with Crippen LogP contribution in [0.4, 0.5) is 13.6 Å². The van der Waals surface area contributed by atoms with Crippen LogP contribution in [0.25, 0.3) is 0 Å². The molecule has 7 heteroatoms. The molecule has 1 saturated heterocycles. The Bertz CT molecular complexity index is 800. The average Bonchev–Trinajstić information content (AvgIpc) is 2.72. The molecule has 0 saturated carbocycles. The molecule has 0 radical (unpaired) electrons. The van der Waals surface area contributed by atoms with E-state index >= 15 is 0 Å². The van der Waals surface area contributed by atoms with Crippen LogP contribution >= 0.6 is 0 Å². The lowest BCUT2D eigenvalue weighted by atomic mass is 9.84. The van der Waals surface area contributed by atoms with Gasteiger partial charge in [-0.05, 0) is 43.0 Å². The van der Waals surface area contributed by atoms with Crippen molar-refractivity contribution >= 4 is 6.09 Å². The Morgan fingerprint density at radius 1 is 1.17 bits per heavy atom. The van der Waals surface area contributed by atoms with E-state index in [0.29, 0.717) is 25.8 Å². The molecular formula is C22H25F2NO4. The second kappa shape index (κ2) is 9.22. The lowest BCUT2D eigenvalue weighted by Gasteiger charge is -2.43. The Labute approximate surface area is 168 Å². The van der Waals surface area contributed by atoms with Gasteiger partial charge in [0.15, 0.2) is 0 Å². The highest BCUT2D eigenvalue weighted by molar-refractivity contribution is 5.70. The fraction of sp³-hybridized carbons (Fsp3) is 0.409. The minimum Gasteiger partial charge on any atom is -0.438 e. The minimum absolute atomic E-state index is 0.0271. The van der Waals surface area contributed by atoms with E-state index in [-0.39, 0.29) is 18.4 Å². The van der Waals surface area contributed by atoms with Crippen molar-refractivity contribution in [3.05, 3.63) is 65.7 Å². The van der Waals surface area contributed by atoms with Crippen molar-refractivity contribution < 1.29 is 28.2 Å². The van der Waals surface area contributed by atoms with Crippen LogP contribution in [-0.4, -0.2) is 35.9 Å². The number of ether oxygens (including phenoxy) is 2. The molecule has 1 heterocycles. The highest BCUT2D eigenvalue weighted by Crippen LogP contribution is 2.40. The molecule has 156 valence electrons. The first kappa shape index (κ1) is 21.0. The third-order valence-electron chi connectivity index (χ3n) is 5.37. The SMILES string of the molecule is C[C@@H](c1ccc(OC(F)F)cc1)N1CC[C@](CCCO)(c2ccccc2)OC1=O. The number of nitrogens with zero attached hydrogens (tertiary/aromatic N) is 1. The molecule has 0 aliphatic carbocycles. The molecule has 0 aromatic heterocycles. The maximum atomic E-state index is 12.9. The highest BCUT2D eigenvalue weighted by atomic mass is 19.3. The van der Waals surface area contributed by atoms with Crippen LogP contribution < -0.4 is 4.74 Å².